The van der Waals surface area contributed by atoms with Crippen LogP contribution in [0.25, 0.3) is 16.6 Å². The molecule has 0 saturated carbocycles. The standard InChI is InChI=1S/C21H22N4O2S/c1-15-8-11-24(12-9-15)19(26)14-28-21-23-18-7-3-2-6-17(18)20(27)25(21)16-5-4-10-22-13-16/h2-7,10,13,15H,8-9,11-12,14H2,1H3. The van der Waals surface area contributed by atoms with Gasteiger partial charge in [0.25, 0.3) is 5.56 Å². The zero-order valence-electron chi connectivity index (χ0n) is 15.7. The first-order valence-corrected chi connectivity index (χ1v) is 10.4. The molecule has 0 spiro atoms. The largest absolute Gasteiger partial charge is 0.342 e. The van der Waals surface area contributed by atoms with E-state index in [-0.39, 0.29) is 17.2 Å². The zero-order chi connectivity index (χ0) is 19.5. The van der Waals surface area contributed by atoms with Gasteiger partial charge < -0.3 is 4.90 Å². The minimum absolute atomic E-state index is 0.0945. The second kappa shape index (κ2) is 8.14. The van der Waals surface area contributed by atoms with Crippen molar-refractivity contribution in [1.29, 1.82) is 0 Å². The zero-order valence-corrected chi connectivity index (χ0v) is 16.6. The molecule has 7 heteroatoms. The van der Waals surface area contributed by atoms with Crippen molar-refractivity contribution in [2.24, 2.45) is 5.92 Å². The highest BCUT2D eigenvalue weighted by Crippen LogP contribution is 2.23. The number of piperidine rings is 1. The number of hydrogen-bond acceptors (Lipinski definition) is 5. The maximum absolute atomic E-state index is 13.1. The fourth-order valence-electron chi connectivity index (χ4n) is 3.40. The van der Waals surface area contributed by atoms with Crippen LogP contribution in [0.5, 0.6) is 0 Å². The van der Waals surface area contributed by atoms with Crippen LogP contribution in [0.15, 0.2) is 58.7 Å². The Morgan fingerprint density at radius 2 is 1.96 bits per heavy atom. The fourth-order valence-corrected chi connectivity index (χ4v) is 4.31. The van der Waals surface area contributed by atoms with Gasteiger partial charge in [-0.15, -0.1) is 0 Å². The summed E-state index contributed by atoms with van der Waals surface area (Å²) in [7, 11) is 0. The predicted molar refractivity (Wildman–Crippen MR) is 111 cm³/mol. The number of carbonyl (C=O) groups is 1. The van der Waals surface area contributed by atoms with Crippen molar-refractivity contribution in [3.05, 3.63) is 59.1 Å². The summed E-state index contributed by atoms with van der Waals surface area (Å²) < 4.78 is 1.55. The first-order chi connectivity index (χ1) is 13.6. The Morgan fingerprint density at radius 3 is 2.71 bits per heavy atom. The molecule has 0 aliphatic carbocycles. The summed E-state index contributed by atoms with van der Waals surface area (Å²) in [6.45, 7) is 3.84. The van der Waals surface area contributed by atoms with Crippen molar-refractivity contribution in [3.8, 4) is 5.69 Å². The number of pyridine rings is 1. The molecule has 1 aliphatic heterocycles. The number of para-hydroxylation sites is 1. The summed E-state index contributed by atoms with van der Waals surface area (Å²) >= 11 is 1.31. The Bertz CT molecular complexity index is 1040. The summed E-state index contributed by atoms with van der Waals surface area (Å²) in [5.74, 6) is 1.03. The Kier molecular flexibility index (Phi) is 5.43. The summed E-state index contributed by atoms with van der Waals surface area (Å²) in [4.78, 5) is 36.5. The van der Waals surface area contributed by atoms with Crippen LogP contribution in [-0.2, 0) is 4.79 Å². The molecule has 3 aromatic rings. The van der Waals surface area contributed by atoms with E-state index in [1.165, 1.54) is 11.8 Å². The monoisotopic (exact) mass is 394 g/mol. The van der Waals surface area contributed by atoms with Crippen molar-refractivity contribution in [1.82, 2.24) is 19.4 Å². The fraction of sp³-hybridized carbons (Fsp3) is 0.333. The Balaban J connectivity index is 1.66. The van der Waals surface area contributed by atoms with Gasteiger partial charge in [0.15, 0.2) is 5.16 Å². The number of carbonyl (C=O) groups excluding carboxylic acids is 1. The molecule has 1 aliphatic rings. The lowest BCUT2D eigenvalue weighted by molar-refractivity contribution is -0.129. The first kappa shape index (κ1) is 18.7. The lowest BCUT2D eigenvalue weighted by Crippen LogP contribution is -2.39. The number of nitrogens with zero attached hydrogens (tertiary/aromatic N) is 4. The summed E-state index contributed by atoms with van der Waals surface area (Å²) in [5.41, 5.74) is 1.13. The predicted octanol–water partition coefficient (Wildman–Crippen LogP) is 3.13. The van der Waals surface area contributed by atoms with E-state index in [9.17, 15) is 9.59 Å². The number of benzene rings is 1. The lowest BCUT2D eigenvalue weighted by Gasteiger charge is -2.30. The van der Waals surface area contributed by atoms with Gasteiger partial charge in [-0.25, -0.2) is 4.98 Å². The van der Waals surface area contributed by atoms with Crippen LogP contribution >= 0.6 is 11.8 Å². The molecule has 2 aromatic heterocycles. The van der Waals surface area contributed by atoms with E-state index >= 15 is 0 Å². The van der Waals surface area contributed by atoms with Gasteiger partial charge in [-0.2, -0.15) is 0 Å². The third kappa shape index (κ3) is 3.80. The SMILES string of the molecule is CC1CCN(C(=O)CSc2nc3ccccc3c(=O)n2-c2cccnc2)CC1. The molecule has 3 heterocycles. The van der Waals surface area contributed by atoms with Crippen molar-refractivity contribution >= 4 is 28.6 Å². The van der Waals surface area contributed by atoms with Crippen molar-refractivity contribution in [3.63, 3.8) is 0 Å². The first-order valence-electron chi connectivity index (χ1n) is 9.46. The molecule has 0 N–H and O–H groups in total. The topological polar surface area (TPSA) is 68.1 Å². The third-order valence-electron chi connectivity index (χ3n) is 5.11. The van der Waals surface area contributed by atoms with E-state index in [1.54, 1.807) is 29.1 Å². The molecule has 1 aromatic carbocycles. The number of thioether (sulfide) groups is 1. The molecule has 6 nitrogen and oxygen atoms in total. The van der Waals surface area contributed by atoms with Gasteiger partial charge in [0.2, 0.25) is 5.91 Å². The van der Waals surface area contributed by atoms with Gasteiger partial charge in [-0.05, 0) is 43.0 Å². The number of hydrogen-bond donors (Lipinski definition) is 0. The van der Waals surface area contributed by atoms with Gasteiger partial charge in [0.1, 0.15) is 0 Å². The highest BCUT2D eigenvalue weighted by atomic mass is 32.2. The molecule has 0 unspecified atom stereocenters. The van der Waals surface area contributed by atoms with Gasteiger partial charge in [0.05, 0.1) is 28.5 Å². The molecule has 1 fully saturated rings. The quantitative estimate of drug-likeness (QED) is 0.502. The van der Waals surface area contributed by atoms with E-state index in [1.807, 2.05) is 29.2 Å². The summed E-state index contributed by atoms with van der Waals surface area (Å²) in [6.07, 6.45) is 5.39. The molecular weight excluding hydrogens is 372 g/mol. The third-order valence-corrected chi connectivity index (χ3v) is 6.03. The van der Waals surface area contributed by atoms with Crippen LogP contribution in [0.3, 0.4) is 0 Å². The maximum Gasteiger partial charge on any atom is 0.266 e. The van der Waals surface area contributed by atoms with Crippen LogP contribution in [0.2, 0.25) is 0 Å². The van der Waals surface area contributed by atoms with Crippen LogP contribution < -0.4 is 5.56 Å². The van der Waals surface area contributed by atoms with E-state index in [0.717, 1.165) is 25.9 Å². The van der Waals surface area contributed by atoms with E-state index in [4.69, 9.17) is 0 Å². The van der Waals surface area contributed by atoms with E-state index in [0.29, 0.717) is 27.7 Å². The van der Waals surface area contributed by atoms with Crippen LogP contribution in [0.1, 0.15) is 19.8 Å². The number of likely N-dealkylation sites (tertiary alicyclic amines) is 1. The molecule has 144 valence electrons. The van der Waals surface area contributed by atoms with Crippen LogP contribution in [0.4, 0.5) is 0 Å². The molecule has 0 radical (unpaired) electrons. The number of aromatic nitrogens is 3. The van der Waals surface area contributed by atoms with E-state index in [2.05, 4.69) is 16.9 Å². The summed E-state index contributed by atoms with van der Waals surface area (Å²) in [6, 6.07) is 10.9. The Hall–Kier alpha value is -2.67. The smallest absolute Gasteiger partial charge is 0.266 e. The van der Waals surface area contributed by atoms with Gasteiger partial charge in [-0.3, -0.25) is 19.1 Å². The Morgan fingerprint density at radius 1 is 1.18 bits per heavy atom. The molecule has 0 bridgehead atoms. The molecule has 4 rings (SSSR count). The van der Waals surface area contributed by atoms with Gasteiger partial charge in [0, 0.05) is 19.3 Å². The van der Waals surface area contributed by atoms with Crippen LogP contribution in [0, 0.1) is 5.92 Å². The van der Waals surface area contributed by atoms with E-state index < -0.39 is 0 Å². The van der Waals surface area contributed by atoms with Crippen LogP contribution in [-0.4, -0.2) is 44.2 Å². The van der Waals surface area contributed by atoms with Crippen molar-refractivity contribution in [2.45, 2.75) is 24.9 Å². The number of rotatable bonds is 4. The lowest BCUT2D eigenvalue weighted by atomic mass is 9.99. The second-order valence-corrected chi connectivity index (χ2v) is 8.06. The minimum atomic E-state index is -0.152. The average Bonchev–Trinajstić information content (AvgIpc) is 2.73. The number of fused-ring (bicyclic) bond motifs is 1. The molecule has 1 amide bonds. The van der Waals surface area contributed by atoms with Crippen molar-refractivity contribution < 1.29 is 4.79 Å². The highest BCUT2D eigenvalue weighted by Gasteiger charge is 2.21. The number of amides is 1. The Labute approximate surface area is 167 Å². The molecule has 1 saturated heterocycles. The van der Waals surface area contributed by atoms with Gasteiger partial charge >= 0.3 is 0 Å². The molecular formula is C21H22N4O2S. The summed E-state index contributed by atoms with van der Waals surface area (Å²) in [5, 5.41) is 1.06. The highest BCUT2D eigenvalue weighted by molar-refractivity contribution is 7.99. The van der Waals surface area contributed by atoms with Gasteiger partial charge in [-0.1, -0.05) is 30.8 Å². The molecule has 0 atom stereocenters. The average molecular weight is 395 g/mol. The second-order valence-electron chi connectivity index (χ2n) is 7.12. The maximum atomic E-state index is 13.1. The molecule has 28 heavy (non-hydrogen) atoms. The minimum Gasteiger partial charge on any atom is -0.342 e. The van der Waals surface area contributed by atoms with Crippen molar-refractivity contribution in [2.75, 3.05) is 18.8 Å². The normalized spacial score (nSPS) is 15.1.